The van der Waals surface area contributed by atoms with Crippen LogP contribution in [0.25, 0.3) is 0 Å². The molecular weight excluding hydrogens is 294 g/mol. The van der Waals surface area contributed by atoms with Gasteiger partial charge in [-0.2, -0.15) is 0 Å². The molecule has 6 nitrogen and oxygen atoms in total. The molecule has 23 heavy (non-hydrogen) atoms. The summed E-state index contributed by atoms with van der Waals surface area (Å²) in [5, 5.41) is 6.24. The molecule has 122 valence electrons. The van der Waals surface area contributed by atoms with Gasteiger partial charge in [-0.25, -0.2) is 0 Å². The summed E-state index contributed by atoms with van der Waals surface area (Å²) in [6, 6.07) is 11.3. The van der Waals surface area contributed by atoms with Crippen LogP contribution in [0.1, 0.15) is 31.6 Å². The van der Waals surface area contributed by atoms with Crippen molar-refractivity contribution in [3.05, 3.63) is 47.7 Å². The van der Waals surface area contributed by atoms with Crippen LogP contribution in [0.15, 0.2) is 40.9 Å². The lowest BCUT2D eigenvalue weighted by Gasteiger charge is -2.26. The molecule has 0 aliphatic carbocycles. The lowest BCUT2D eigenvalue weighted by molar-refractivity contribution is -0.136. The first-order chi connectivity index (χ1) is 11.0. The van der Waals surface area contributed by atoms with Crippen molar-refractivity contribution in [2.24, 2.45) is 0 Å². The highest BCUT2D eigenvalue weighted by Crippen LogP contribution is 2.11. The maximum Gasteiger partial charge on any atom is 0.235 e. The second kappa shape index (κ2) is 7.58. The Morgan fingerprint density at radius 1 is 1.26 bits per heavy atom. The van der Waals surface area contributed by atoms with E-state index in [4.69, 9.17) is 4.52 Å². The van der Waals surface area contributed by atoms with E-state index < -0.39 is 5.91 Å². The fourth-order valence-electron chi connectivity index (χ4n) is 2.19. The van der Waals surface area contributed by atoms with Crippen molar-refractivity contribution in [2.75, 3.05) is 5.32 Å². The molecule has 0 spiro atoms. The summed E-state index contributed by atoms with van der Waals surface area (Å²) in [5.41, 5.74) is 1.03. The van der Waals surface area contributed by atoms with Gasteiger partial charge in [-0.15, -0.1) is 0 Å². The number of aromatic nitrogens is 1. The Labute approximate surface area is 135 Å². The molecule has 0 aliphatic heterocycles. The van der Waals surface area contributed by atoms with Gasteiger partial charge in [0.1, 0.15) is 12.2 Å². The maximum absolute atomic E-state index is 12.4. The summed E-state index contributed by atoms with van der Waals surface area (Å²) in [4.78, 5) is 26.1. The van der Waals surface area contributed by atoms with Crippen molar-refractivity contribution < 1.29 is 14.1 Å². The summed E-state index contributed by atoms with van der Waals surface area (Å²) < 4.78 is 4.87. The number of amides is 2. The number of nitrogens with one attached hydrogen (secondary N) is 1. The van der Waals surface area contributed by atoms with Gasteiger partial charge in [-0.05, 0) is 26.3 Å². The molecule has 0 fully saturated rings. The highest BCUT2D eigenvalue weighted by Gasteiger charge is 2.20. The van der Waals surface area contributed by atoms with Gasteiger partial charge in [0.05, 0.1) is 0 Å². The zero-order chi connectivity index (χ0) is 16.8. The van der Waals surface area contributed by atoms with Crippen LogP contribution in [0.2, 0.25) is 0 Å². The van der Waals surface area contributed by atoms with E-state index in [2.05, 4.69) is 10.5 Å². The van der Waals surface area contributed by atoms with Gasteiger partial charge in [0.25, 0.3) is 0 Å². The second-order valence-corrected chi connectivity index (χ2v) is 5.65. The van der Waals surface area contributed by atoms with Crippen LogP contribution in [0.4, 0.5) is 5.82 Å². The van der Waals surface area contributed by atoms with Gasteiger partial charge >= 0.3 is 0 Å². The fourth-order valence-corrected chi connectivity index (χ4v) is 2.19. The first-order valence-electron chi connectivity index (χ1n) is 7.52. The van der Waals surface area contributed by atoms with Crippen LogP contribution in [0, 0.1) is 6.92 Å². The smallest absolute Gasteiger partial charge is 0.235 e. The summed E-state index contributed by atoms with van der Waals surface area (Å²) in [6.07, 6.45) is -0.225. The van der Waals surface area contributed by atoms with E-state index in [1.165, 1.54) is 0 Å². The van der Waals surface area contributed by atoms with Gasteiger partial charge in [0.15, 0.2) is 5.82 Å². The van der Waals surface area contributed by atoms with Crippen LogP contribution in [-0.4, -0.2) is 27.9 Å². The second-order valence-electron chi connectivity index (χ2n) is 5.65. The summed E-state index contributed by atoms with van der Waals surface area (Å²) in [7, 11) is 0. The molecule has 1 aromatic heterocycles. The zero-order valence-electron chi connectivity index (χ0n) is 13.6. The molecule has 2 rings (SSSR count). The van der Waals surface area contributed by atoms with Gasteiger partial charge in [-0.3, -0.25) is 9.59 Å². The molecule has 2 amide bonds. The quantitative estimate of drug-likeness (QED) is 0.832. The molecule has 1 aromatic carbocycles. The van der Waals surface area contributed by atoms with Gasteiger partial charge in [-0.1, -0.05) is 35.5 Å². The molecule has 1 heterocycles. The van der Waals surface area contributed by atoms with E-state index in [1.54, 1.807) is 17.9 Å². The topological polar surface area (TPSA) is 75.4 Å². The average Bonchev–Trinajstić information content (AvgIpc) is 2.90. The molecule has 0 aliphatic rings. The fraction of sp³-hybridized carbons (Fsp3) is 0.353. The molecule has 0 unspecified atom stereocenters. The third-order valence-corrected chi connectivity index (χ3v) is 3.35. The van der Waals surface area contributed by atoms with E-state index in [0.717, 1.165) is 5.56 Å². The van der Waals surface area contributed by atoms with Gasteiger partial charge < -0.3 is 14.7 Å². The Kier molecular flexibility index (Phi) is 5.51. The molecule has 0 bridgehead atoms. The van der Waals surface area contributed by atoms with Crippen molar-refractivity contribution in [1.29, 1.82) is 0 Å². The molecule has 2 aromatic rings. The molecule has 0 atom stereocenters. The summed E-state index contributed by atoms with van der Waals surface area (Å²) in [5.74, 6) is 0.294. The number of rotatable bonds is 6. The van der Waals surface area contributed by atoms with Crippen LogP contribution in [0.3, 0.4) is 0 Å². The summed E-state index contributed by atoms with van der Waals surface area (Å²) >= 11 is 0. The first kappa shape index (κ1) is 16.7. The first-order valence-corrected chi connectivity index (χ1v) is 7.52. The van der Waals surface area contributed by atoms with E-state index in [-0.39, 0.29) is 18.4 Å². The van der Waals surface area contributed by atoms with Crippen molar-refractivity contribution in [3.8, 4) is 0 Å². The molecule has 1 N–H and O–H groups in total. The molecule has 0 radical (unpaired) electrons. The third kappa shape index (κ3) is 4.95. The molecule has 0 saturated carbocycles. The van der Waals surface area contributed by atoms with Crippen LogP contribution in [-0.2, 0) is 16.1 Å². The number of hydrogen-bond donors (Lipinski definition) is 1. The van der Waals surface area contributed by atoms with Crippen molar-refractivity contribution in [3.63, 3.8) is 0 Å². The number of benzene rings is 1. The van der Waals surface area contributed by atoms with E-state index >= 15 is 0 Å². The monoisotopic (exact) mass is 315 g/mol. The van der Waals surface area contributed by atoms with Crippen LogP contribution < -0.4 is 5.32 Å². The van der Waals surface area contributed by atoms with Crippen molar-refractivity contribution in [2.45, 2.75) is 39.8 Å². The maximum atomic E-state index is 12.4. The SMILES string of the molecule is Cc1cc(NC(=O)CC(=O)N(Cc2ccccc2)C(C)C)no1. The zero-order valence-corrected chi connectivity index (χ0v) is 13.6. The lowest BCUT2D eigenvalue weighted by Crippen LogP contribution is -2.38. The third-order valence-electron chi connectivity index (χ3n) is 3.35. The lowest BCUT2D eigenvalue weighted by atomic mass is 10.1. The Morgan fingerprint density at radius 2 is 1.96 bits per heavy atom. The van der Waals surface area contributed by atoms with Crippen LogP contribution in [0.5, 0.6) is 0 Å². The Balaban J connectivity index is 1.96. The molecule has 0 saturated heterocycles. The van der Waals surface area contributed by atoms with Gasteiger partial charge in [0, 0.05) is 18.7 Å². The number of carbonyl (C=O) groups excluding carboxylic acids is 2. The average molecular weight is 315 g/mol. The minimum Gasteiger partial charge on any atom is -0.360 e. The predicted octanol–water partition coefficient (Wildman–Crippen LogP) is 2.75. The number of carbonyl (C=O) groups is 2. The Morgan fingerprint density at radius 3 is 2.52 bits per heavy atom. The van der Waals surface area contributed by atoms with Crippen molar-refractivity contribution >= 4 is 17.6 Å². The highest BCUT2D eigenvalue weighted by atomic mass is 16.5. The number of anilines is 1. The van der Waals surface area contributed by atoms with E-state index in [0.29, 0.717) is 18.1 Å². The van der Waals surface area contributed by atoms with E-state index in [1.807, 2.05) is 44.2 Å². The summed E-state index contributed by atoms with van der Waals surface area (Å²) in [6.45, 7) is 6.07. The van der Waals surface area contributed by atoms with Gasteiger partial charge in [0.2, 0.25) is 11.8 Å². The number of hydrogen-bond acceptors (Lipinski definition) is 4. The van der Waals surface area contributed by atoms with E-state index in [9.17, 15) is 9.59 Å². The Bertz CT molecular complexity index is 665. The number of nitrogens with zero attached hydrogens (tertiary/aromatic N) is 2. The van der Waals surface area contributed by atoms with Crippen molar-refractivity contribution in [1.82, 2.24) is 10.1 Å². The Hall–Kier alpha value is -2.63. The minimum atomic E-state index is -0.401. The standard InChI is InChI=1S/C17H21N3O3/c1-12(2)20(11-14-7-5-4-6-8-14)17(22)10-16(21)18-15-9-13(3)23-19-15/h4-9,12H,10-11H2,1-3H3,(H,18,19,21). The molecular formula is C17H21N3O3. The highest BCUT2D eigenvalue weighted by molar-refractivity contribution is 6.03. The van der Waals surface area contributed by atoms with Crippen LogP contribution >= 0.6 is 0 Å². The molecule has 6 heteroatoms. The number of aryl methyl sites for hydroxylation is 1. The normalized spacial score (nSPS) is 10.6. The minimum absolute atomic E-state index is 0.00445. The predicted molar refractivity (Wildman–Crippen MR) is 86.6 cm³/mol. The largest absolute Gasteiger partial charge is 0.360 e.